The monoisotopic (exact) mass is 398 g/mol. The third kappa shape index (κ3) is 4.99. The van der Waals surface area contributed by atoms with Crippen LogP contribution in [0.15, 0.2) is 91.0 Å². The van der Waals surface area contributed by atoms with Crippen LogP contribution in [0, 0.1) is 0 Å². The molecule has 3 aromatic carbocycles. The molecule has 0 N–H and O–H groups in total. The van der Waals surface area contributed by atoms with Crippen LogP contribution in [0.3, 0.4) is 0 Å². The van der Waals surface area contributed by atoms with E-state index in [0.29, 0.717) is 25.7 Å². The Hall–Kier alpha value is -1.58. The van der Waals surface area contributed by atoms with Crippen molar-refractivity contribution >= 4 is 47.6 Å². The summed E-state index contributed by atoms with van der Waals surface area (Å²) in [7, 11) is 2.56. The Bertz CT molecular complexity index is 722. The summed E-state index contributed by atoms with van der Waals surface area (Å²) in [5.74, 6) is -0.121. The number of ether oxygens (including phenoxy) is 1. The van der Waals surface area contributed by atoms with Crippen LogP contribution in [0.4, 0.5) is 0 Å². The van der Waals surface area contributed by atoms with Gasteiger partial charge >= 0.3 is 5.97 Å². The fourth-order valence-corrected chi connectivity index (χ4v) is 8.95. The number of hydrogen-bond donors (Lipinski definition) is 0. The molecule has 0 aliphatic carbocycles. The Morgan fingerprint density at radius 2 is 0.962 bits per heavy atom. The molecule has 3 unspecified atom stereocenters. The van der Waals surface area contributed by atoms with Crippen LogP contribution in [0.1, 0.15) is 0 Å². The molecule has 26 heavy (non-hydrogen) atoms. The first kappa shape index (κ1) is 19.2. The second-order valence-electron chi connectivity index (χ2n) is 5.71. The lowest BCUT2D eigenvalue weighted by atomic mass is 10.4. The molecule has 0 aromatic heterocycles. The minimum atomic E-state index is -0.557. The summed E-state index contributed by atoms with van der Waals surface area (Å²) in [6, 6.07) is 30.8. The number of esters is 1. The highest BCUT2D eigenvalue weighted by molar-refractivity contribution is 7.85. The van der Waals surface area contributed by atoms with Gasteiger partial charge in [-0.2, -0.15) is 0 Å². The molecule has 0 fully saturated rings. The summed E-state index contributed by atoms with van der Waals surface area (Å²) in [5.41, 5.74) is 0. The Labute approximate surface area is 160 Å². The maximum absolute atomic E-state index is 13.0. The van der Waals surface area contributed by atoms with Gasteiger partial charge in [0.1, 0.15) is 4.64 Å². The van der Waals surface area contributed by atoms with E-state index in [-0.39, 0.29) is 5.97 Å². The van der Waals surface area contributed by atoms with Gasteiger partial charge < -0.3 is 4.74 Å². The average Bonchev–Trinajstić information content (AvgIpc) is 2.69. The minimum absolute atomic E-state index is 0.121. The molecule has 5 heteroatoms. The van der Waals surface area contributed by atoms with Gasteiger partial charge in [-0.1, -0.05) is 117 Å². The maximum Gasteiger partial charge on any atom is 0.325 e. The number of hydrogen-bond acceptors (Lipinski definition) is 2. The molecule has 3 atom stereocenters. The molecule has 0 spiro atoms. The zero-order chi connectivity index (χ0) is 18.2. The number of benzene rings is 3. The Morgan fingerprint density at radius 3 is 1.23 bits per heavy atom. The Kier molecular flexibility index (Phi) is 6.93. The molecule has 3 rings (SSSR count). The largest absolute Gasteiger partial charge is 0.468 e. The van der Waals surface area contributed by atoms with E-state index < -0.39 is 4.64 Å². The van der Waals surface area contributed by atoms with E-state index in [1.165, 1.54) is 23.0 Å². The molecule has 0 radical (unpaired) electrons. The van der Waals surface area contributed by atoms with Crippen molar-refractivity contribution in [1.82, 2.24) is 0 Å². The highest BCUT2D eigenvalue weighted by atomic mass is 31.2. The van der Waals surface area contributed by atoms with Crippen molar-refractivity contribution in [3.05, 3.63) is 91.0 Å². The Morgan fingerprint density at radius 1 is 0.654 bits per heavy atom. The number of carbonyl (C=O) groups excluding carboxylic acids is 1. The topological polar surface area (TPSA) is 26.3 Å². The molecule has 2 nitrogen and oxygen atoms in total. The SMILES string of the molecule is COC(=O)C(Pc1ccccc1)(Pc1ccccc1)Pc1ccccc1. The van der Waals surface area contributed by atoms with Gasteiger partial charge in [-0.15, -0.1) is 0 Å². The lowest BCUT2D eigenvalue weighted by Gasteiger charge is -2.31. The number of rotatable bonds is 7. The zero-order valence-corrected chi connectivity index (χ0v) is 17.5. The second kappa shape index (κ2) is 9.38. The fraction of sp³-hybridized carbons (Fsp3) is 0.0952. The van der Waals surface area contributed by atoms with E-state index in [1.54, 1.807) is 0 Å². The smallest absolute Gasteiger partial charge is 0.325 e. The van der Waals surface area contributed by atoms with Gasteiger partial charge in [-0.05, 0) is 15.9 Å². The normalized spacial score (nSPS) is 14.3. The number of methoxy groups -OCH3 is 1. The van der Waals surface area contributed by atoms with Crippen molar-refractivity contribution in [3.8, 4) is 0 Å². The predicted molar refractivity (Wildman–Crippen MR) is 118 cm³/mol. The van der Waals surface area contributed by atoms with E-state index in [4.69, 9.17) is 4.74 Å². The van der Waals surface area contributed by atoms with Gasteiger partial charge in [0, 0.05) is 0 Å². The van der Waals surface area contributed by atoms with Crippen molar-refractivity contribution in [3.63, 3.8) is 0 Å². The van der Waals surface area contributed by atoms with E-state index in [0.717, 1.165) is 0 Å². The van der Waals surface area contributed by atoms with Crippen LogP contribution in [0.5, 0.6) is 0 Å². The zero-order valence-electron chi connectivity index (χ0n) is 14.5. The van der Waals surface area contributed by atoms with Crippen LogP contribution < -0.4 is 15.9 Å². The van der Waals surface area contributed by atoms with Crippen LogP contribution in [-0.4, -0.2) is 17.7 Å². The number of carbonyl (C=O) groups is 1. The Balaban J connectivity index is 2.02. The van der Waals surface area contributed by atoms with Crippen LogP contribution in [0.25, 0.3) is 0 Å². The molecule has 0 aliphatic heterocycles. The summed E-state index contributed by atoms with van der Waals surface area (Å²) < 4.78 is 4.76. The van der Waals surface area contributed by atoms with E-state index >= 15 is 0 Å². The minimum Gasteiger partial charge on any atom is -0.468 e. The van der Waals surface area contributed by atoms with Gasteiger partial charge in [0.15, 0.2) is 0 Å². The van der Waals surface area contributed by atoms with Gasteiger partial charge in [0.05, 0.1) is 7.11 Å². The first-order valence-corrected chi connectivity index (χ1v) is 11.3. The molecule has 0 bridgehead atoms. The average molecular weight is 398 g/mol. The molecule has 0 heterocycles. The van der Waals surface area contributed by atoms with Crippen molar-refractivity contribution in [2.45, 2.75) is 4.64 Å². The summed E-state index contributed by atoms with van der Waals surface area (Å²) in [5, 5.41) is 3.55. The van der Waals surface area contributed by atoms with E-state index in [2.05, 4.69) is 36.4 Å². The van der Waals surface area contributed by atoms with Gasteiger partial charge in [-0.25, -0.2) is 0 Å². The third-order valence-electron chi connectivity index (χ3n) is 3.81. The van der Waals surface area contributed by atoms with E-state index in [9.17, 15) is 4.79 Å². The molecule has 0 saturated carbocycles. The summed E-state index contributed by atoms with van der Waals surface area (Å²) in [4.78, 5) is 13.0. The van der Waals surface area contributed by atoms with E-state index in [1.807, 2.05) is 54.6 Å². The second-order valence-corrected chi connectivity index (χ2v) is 11.9. The first-order chi connectivity index (χ1) is 12.7. The summed E-state index contributed by atoms with van der Waals surface area (Å²) >= 11 is 0. The van der Waals surface area contributed by atoms with Crippen molar-refractivity contribution in [1.29, 1.82) is 0 Å². The van der Waals surface area contributed by atoms with Crippen LogP contribution >= 0.6 is 25.7 Å². The molecule has 132 valence electrons. The molecule has 3 aromatic rings. The van der Waals surface area contributed by atoms with Crippen molar-refractivity contribution in [2.75, 3.05) is 7.11 Å². The standard InChI is InChI=1S/C21H21O2P3/c1-23-20(22)21(24-17-11-5-2-6-12-17,25-18-13-7-3-8-14-18)26-19-15-9-4-10-16-19/h2-16,24-26H,1H3. The lowest BCUT2D eigenvalue weighted by Crippen LogP contribution is -2.31. The molecule has 0 aliphatic rings. The molecular formula is C21H21O2P3. The van der Waals surface area contributed by atoms with Crippen LogP contribution in [-0.2, 0) is 9.53 Å². The van der Waals surface area contributed by atoms with Gasteiger partial charge in [-0.3, -0.25) is 4.79 Å². The van der Waals surface area contributed by atoms with Gasteiger partial charge in [0.25, 0.3) is 0 Å². The lowest BCUT2D eigenvalue weighted by molar-refractivity contribution is -0.139. The van der Waals surface area contributed by atoms with Gasteiger partial charge in [0.2, 0.25) is 0 Å². The van der Waals surface area contributed by atoms with Crippen LogP contribution in [0.2, 0.25) is 0 Å². The molecular weight excluding hydrogens is 377 g/mol. The predicted octanol–water partition coefficient (Wildman–Crippen LogP) is 3.83. The summed E-state index contributed by atoms with van der Waals surface area (Å²) in [6.07, 6.45) is 0. The van der Waals surface area contributed by atoms with Crippen molar-refractivity contribution < 1.29 is 9.53 Å². The summed E-state index contributed by atoms with van der Waals surface area (Å²) in [6.45, 7) is 0. The quantitative estimate of drug-likeness (QED) is 0.447. The molecule has 0 amide bonds. The van der Waals surface area contributed by atoms with Crippen molar-refractivity contribution in [2.24, 2.45) is 0 Å². The first-order valence-electron chi connectivity index (χ1n) is 8.30. The fourth-order valence-electron chi connectivity index (χ4n) is 2.61. The highest BCUT2D eigenvalue weighted by Gasteiger charge is 2.40. The highest BCUT2D eigenvalue weighted by Crippen LogP contribution is 2.57. The third-order valence-corrected chi connectivity index (χ3v) is 9.66. The maximum atomic E-state index is 13.0. The molecule has 0 saturated heterocycles.